The molecule has 9 heteroatoms. The number of carbonyl (C=O) groups is 1. The van der Waals surface area contributed by atoms with Crippen LogP contribution in [-0.2, 0) is 22.8 Å². The predicted molar refractivity (Wildman–Crippen MR) is 69.0 cm³/mol. The van der Waals surface area contributed by atoms with E-state index in [9.17, 15) is 18.0 Å². The van der Waals surface area contributed by atoms with E-state index in [1.165, 1.54) is 23.9 Å². The number of hydrogen-bond acceptors (Lipinski definition) is 5. The fourth-order valence-corrected chi connectivity index (χ4v) is 1.66. The van der Waals surface area contributed by atoms with Crippen LogP contribution in [0.25, 0.3) is 11.4 Å². The second-order valence-corrected chi connectivity index (χ2v) is 4.29. The summed E-state index contributed by atoms with van der Waals surface area (Å²) in [7, 11) is 2.81. The number of methoxy groups -OCH3 is 1. The molecule has 6 nitrogen and oxygen atoms in total. The molecule has 0 radical (unpaired) electrons. The van der Waals surface area contributed by atoms with Gasteiger partial charge in [-0.15, -0.1) is 5.10 Å². The topological polar surface area (TPSA) is 66.2 Å². The van der Waals surface area contributed by atoms with Gasteiger partial charge in [-0.05, 0) is 12.1 Å². The molecule has 0 aliphatic carbocycles. The van der Waals surface area contributed by atoms with Crippen LogP contribution < -0.4 is 4.74 Å². The van der Waals surface area contributed by atoms with Gasteiger partial charge in [0.05, 0.1) is 24.1 Å². The molecule has 2 aromatic heterocycles. The number of halogens is 3. The van der Waals surface area contributed by atoms with Gasteiger partial charge in [0.15, 0.2) is 6.61 Å². The molecule has 0 unspecified atom stereocenters. The molecule has 0 fully saturated rings. The maximum atomic E-state index is 12.5. The number of carbonyl (C=O) groups excluding carboxylic acids is 1. The second kappa shape index (κ2) is 6.04. The largest absolute Gasteiger partial charge is 0.466 e. The first-order chi connectivity index (χ1) is 10.3. The van der Waals surface area contributed by atoms with Gasteiger partial charge in [0.1, 0.15) is 0 Å². The zero-order chi connectivity index (χ0) is 16.3. The number of alkyl halides is 3. The Morgan fingerprint density at radius 3 is 2.64 bits per heavy atom. The van der Waals surface area contributed by atoms with Gasteiger partial charge in [-0.1, -0.05) is 0 Å². The molecular formula is C13H12F3N3O3. The monoisotopic (exact) mass is 315 g/mol. The van der Waals surface area contributed by atoms with Crippen LogP contribution in [0.5, 0.6) is 5.88 Å². The molecular weight excluding hydrogens is 303 g/mol. The van der Waals surface area contributed by atoms with Crippen LogP contribution in [0.4, 0.5) is 13.2 Å². The van der Waals surface area contributed by atoms with Crippen molar-refractivity contribution in [1.29, 1.82) is 0 Å². The Morgan fingerprint density at radius 2 is 2.09 bits per heavy atom. The Morgan fingerprint density at radius 1 is 1.36 bits per heavy atom. The lowest BCUT2D eigenvalue weighted by Crippen LogP contribution is -2.12. The summed E-state index contributed by atoms with van der Waals surface area (Å²) in [4.78, 5) is 14.8. The summed E-state index contributed by atoms with van der Waals surface area (Å²) in [5, 5.41) is 3.99. The molecule has 0 saturated heterocycles. The van der Waals surface area contributed by atoms with Crippen molar-refractivity contribution in [2.75, 3.05) is 13.7 Å². The summed E-state index contributed by atoms with van der Waals surface area (Å²) in [5.74, 6) is -0.426. The van der Waals surface area contributed by atoms with E-state index in [2.05, 4.69) is 14.8 Å². The number of aryl methyl sites for hydroxylation is 1. The van der Waals surface area contributed by atoms with Crippen LogP contribution in [0.1, 0.15) is 5.56 Å². The highest BCUT2D eigenvalue weighted by Gasteiger charge is 2.30. The van der Waals surface area contributed by atoms with Gasteiger partial charge < -0.3 is 9.47 Å². The van der Waals surface area contributed by atoms with Crippen molar-refractivity contribution >= 4 is 5.97 Å². The van der Waals surface area contributed by atoms with E-state index in [1.54, 1.807) is 7.05 Å². The summed E-state index contributed by atoms with van der Waals surface area (Å²) >= 11 is 0. The van der Waals surface area contributed by atoms with Crippen molar-refractivity contribution < 1.29 is 27.4 Å². The third kappa shape index (κ3) is 3.54. The summed E-state index contributed by atoms with van der Waals surface area (Å²) in [5.41, 5.74) is -0.0786. The van der Waals surface area contributed by atoms with E-state index in [1.807, 2.05) is 0 Å². The minimum Gasteiger partial charge on any atom is -0.466 e. The SMILES string of the molecule is COC(=O)COc1cc(-c2ccc(C(F)(F)F)cn2)n(C)n1. The van der Waals surface area contributed by atoms with Gasteiger partial charge in [-0.3, -0.25) is 9.67 Å². The van der Waals surface area contributed by atoms with Gasteiger partial charge in [-0.2, -0.15) is 13.2 Å². The molecule has 0 aromatic carbocycles. The number of esters is 1. The Bertz CT molecular complexity index is 665. The molecule has 0 aliphatic heterocycles. The third-order valence-corrected chi connectivity index (χ3v) is 2.78. The number of nitrogens with zero attached hydrogens (tertiary/aromatic N) is 3. The van der Waals surface area contributed by atoms with Crippen molar-refractivity contribution in [2.45, 2.75) is 6.18 Å². The first kappa shape index (κ1) is 15.8. The van der Waals surface area contributed by atoms with Crippen molar-refractivity contribution in [3.8, 4) is 17.3 Å². The lowest BCUT2D eigenvalue weighted by atomic mass is 10.2. The molecule has 0 amide bonds. The number of ether oxygens (including phenoxy) is 2. The quantitative estimate of drug-likeness (QED) is 0.808. The van der Waals surface area contributed by atoms with Crippen LogP contribution in [0, 0.1) is 0 Å². The van der Waals surface area contributed by atoms with Crippen molar-refractivity contribution in [3.63, 3.8) is 0 Å². The van der Waals surface area contributed by atoms with Gasteiger partial charge in [0.2, 0.25) is 5.88 Å². The molecule has 0 N–H and O–H groups in total. The van der Waals surface area contributed by atoms with E-state index in [-0.39, 0.29) is 12.5 Å². The van der Waals surface area contributed by atoms with Crippen LogP contribution >= 0.6 is 0 Å². The average molecular weight is 315 g/mol. The molecule has 0 aliphatic rings. The number of hydrogen-bond donors (Lipinski definition) is 0. The van der Waals surface area contributed by atoms with Crippen LogP contribution in [0.15, 0.2) is 24.4 Å². The summed E-state index contributed by atoms with van der Waals surface area (Å²) in [6.45, 7) is -0.312. The zero-order valence-corrected chi connectivity index (χ0v) is 11.7. The van der Waals surface area contributed by atoms with Crippen molar-refractivity contribution in [3.05, 3.63) is 30.0 Å². The van der Waals surface area contributed by atoms with E-state index in [0.29, 0.717) is 11.4 Å². The number of rotatable bonds is 4. The second-order valence-electron chi connectivity index (χ2n) is 4.29. The van der Waals surface area contributed by atoms with Crippen LogP contribution in [0.3, 0.4) is 0 Å². The van der Waals surface area contributed by atoms with Gasteiger partial charge >= 0.3 is 12.1 Å². The number of aromatic nitrogens is 3. The lowest BCUT2D eigenvalue weighted by molar-refractivity contribution is -0.143. The zero-order valence-electron chi connectivity index (χ0n) is 11.7. The lowest BCUT2D eigenvalue weighted by Gasteiger charge is -2.06. The smallest absolute Gasteiger partial charge is 0.417 e. The van der Waals surface area contributed by atoms with Crippen molar-refractivity contribution in [2.24, 2.45) is 7.05 Å². The molecule has 0 saturated carbocycles. The third-order valence-electron chi connectivity index (χ3n) is 2.78. The van der Waals surface area contributed by atoms with Crippen molar-refractivity contribution in [1.82, 2.24) is 14.8 Å². The Hall–Kier alpha value is -2.58. The number of pyridine rings is 1. The average Bonchev–Trinajstić information content (AvgIpc) is 2.85. The minimum atomic E-state index is -4.44. The Labute approximate surface area is 123 Å². The maximum Gasteiger partial charge on any atom is 0.417 e. The first-order valence-electron chi connectivity index (χ1n) is 6.08. The van der Waals surface area contributed by atoms with Crippen LogP contribution in [0.2, 0.25) is 0 Å². The fraction of sp³-hybridized carbons (Fsp3) is 0.308. The standard InChI is InChI=1S/C13H12F3N3O3/c1-19-10(5-11(18-19)22-7-12(20)21-2)9-4-3-8(6-17-9)13(14,15)16/h3-6H,7H2,1-2H3. The molecule has 0 atom stereocenters. The van der Waals surface area contributed by atoms with Gasteiger partial charge in [0, 0.05) is 19.3 Å². The van der Waals surface area contributed by atoms with E-state index in [0.717, 1.165) is 12.3 Å². The van der Waals surface area contributed by atoms with E-state index in [4.69, 9.17) is 4.74 Å². The Balaban J connectivity index is 2.19. The normalized spacial score (nSPS) is 11.3. The van der Waals surface area contributed by atoms with Gasteiger partial charge in [-0.25, -0.2) is 4.79 Å². The first-order valence-corrected chi connectivity index (χ1v) is 6.08. The highest BCUT2D eigenvalue weighted by molar-refractivity contribution is 5.70. The van der Waals surface area contributed by atoms with Gasteiger partial charge in [0.25, 0.3) is 0 Å². The highest BCUT2D eigenvalue weighted by atomic mass is 19.4. The summed E-state index contributed by atoms with van der Waals surface area (Å²) in [6.07, 6.45) is -3.69. The molecule has 22 heavy (non-hydrogen) atoms. The molecule has 2 heterocycles. The Kier molecular flexibility index (Phi) is 4.34. The molecule has 2 rings (SSSR count). The molecule has 2 aromatic rings. The van der Waals surface area contributed by atoms with Crippen LogP contribution in [-0.4, -0.2) is 34.5 Å². The predicted octanol–water partition coefficient (Wildman–Crippen LogP) is 2.05. The highest BCUT2D eigenvalue weighted by Crippen LogP contribution is 2.30. The minimum absolute atomic E-state index is 0.143. The maximum absolute atomic E-state index is 12.5. The summed E-state index contributed by atoms with van der Waals surface area (Å²) in [6, 6.07) is 3.65. The molecule has 0 spiro atoms. The van der Waals surface area contributed by atoms with E-state index >= 15 is 0 Å². The van der Waals surface area contributed by atoms with E-state index < -0.39 is 17.7 Å². The molecule has 0 bridgehead atoms. The fourth-order valence-electron chi connectivity index (χ4n) is 1.66. The molecule has 118 valence electrons. The summed E-state index contributed by atoms with van der Waals surface area (Å²) < 4.78 is 48.4.